The van der Waals surface area contributed by atoms with E-state index < -0.39 is 18.5 Å². The maximum Gasteiger partial charge on any atom is 0.295 e. The molecule has 0 radical (unpaired) electrons. The first kappa shape index (κ1) is 23.4. The van der Waals surface area contributed by atoms with Gasteiger partial charge in [0.25, 0.3) is 6.43 Å². The van der Waals surface area contributed by atoms with E-state index in [1.807, 2.05) is 32.2 Å². The highest BCUT2D eigenvalue weighted by molar-refractivity contribution is 6.30. The van der Waals surface area contributed by atoms with Gasteiger partial charge >= 0.3 is 0 Å². The van der Waals surface area contributed by atoms with E-state index in [1.165, 1.54) is 4.57 Å². The summed E-state index contributed by atoms with van der Waals surface area (Å²) in [6, 6.07) is 7.08. The van der Waals surface area contributed by atoms with Crippen LogP contribution in [0.15, 0.2) is 24.3 Å². The molecule has 1 saturated heterocycles. The molecular weight excluding hydrogens is 480 g/mol. The zero-order chi connectivity index (χ0) is 24.7. The van der Waals surface area contributed by atoms with E-state index in [-0.39, 0.29) is 16.3 Å². The number of fused-ring (bicyclic) bond motifs is 1. The van der Waals surface area contributed by atoms with Crippen LogP contribution in [0.3, 0.4) is 0 Å². The molecule has 1 aliphatic heterocycles. The number of nitrogens with zero attached hydrogens (tertiary/aromatic N) is 6. The number of para-hydroxylation sites is 1. The molecule has 0 amide bonds. The van der Waals surface area contributed by atoms with Crippen LogP contribution in [0.2, 0.25) is 5.15 Å². The average Bonchev–Trinajstić information content (AvgIpc) is 3.40. The van der Waals surface area contributed by atoms with E-state index in [0.29, 0.717) is 35.8 Å². The second kappa shape index (κ2) is 9.38. The van der Waals surface area contributed by atoms with Gasteiger partial charge in [0, 0.05) is 25.3 Å². The molecule has 0 spiro atoms. The van der Waals surface area contributed by atoms with E-state index in [9.17, 15) is 8.78 Å². The molecule has 0 bridgehead atoms. The van der Waals surface area contributed by atoms with Gasteiger partial charge in [-0.2, -0.15) is 0 Å². The minimum atomic E-state index is -2.81. The van der Waals surface area contributed by atoms with Crippen molar-refractivity contribution in [1.29, 1.82) is 0 Å². The highest BCUT2D eigenvalue weighted by atomic mass is 35.5. The van der Waals surface area contributed by atoms with Gasteiger partial charge in [0.1, 0.15) is 22.6 Å². The maximum absolute atomic E-state index is 14.0. The van der Waals surface area contributed by atoms with Crippen LogP contribution in [0.1, 0.15) is 43.4 Å². The van der Waals surface area contributed by atoms with Crippen molar-refractivity contribution in [3.8, 4) is 17.0 Å². The number of aromatic nitrogens is 6. The number of nitrogens with one attached hydrogen (secondary N) is 1. The lowest BCUT2D eigenvalue weighted by atomic mass is 10.1. The van der Waals surface area contributed by atoms with E-state index in [0.717, 1.165) is 24.1 Å². The first-order valence-electron chi connectivity index (χ1n) is 11.2. The van der Waals surface area contributed by atoms with Crippen LogP contribution < -0.4 is 10.1 Å². The topological polar surface area (TPSA) is 91.9 Å². The molecule has 4 heterocycles. The Morgan fingerprint density at radius 3 is 2.71 bits per heavy atom. The Kier molecular flexibility index (Phi) is 6.28. The Balaban J connectivity index is 1.64. The predicted molar refractivity (Wildman–Crippen MR) is 127 cm³/mol. The summed E-state index contributed by atoms with van der Waals surface area (Å²) in [4.78, 5) is 8.60. The molecule has 12 heteroatoms. The first-order valence-corrected chi connectivity index (χ1v) is 11.6. The van der Waals surface area contributed by atoms with Gasteiger partial charge in [0.05, 0.1) is 24.2 Å². The predicted octanol–water partition coefficient (Wildman–Crippen LogP) is 5.58. The summed E-state index contributed by atoms with van der Waals surface area (Å²) in [5.74, 6) is 0.113. The van der Waals surface area contributed by atoms with Crippen molar-refractivity contribution in [3.63, 3.8) is 0 Å². The van der Waals surface area contributed by atoms with Crippen LogP contribution in [0.25, 0.3) is 22.4 Å². The smallest absolute Gasteiger partial charge is 0.295 e. The van der Waals surface area contributed by atoms with Gasteiger partial charge in [0.2, 0.25) is 0 Å². The van der Waals surface area contributed by atoms with Crippen molar-refractivity contribution < 1.29 is 18.3 Å². The van der Waals surface area contributed by atoms with Gasteiger partial charge in [-0.15, -0.1) is 5.10 Å². The standard InChI is InChI=1S/C23H24ClF2N7O2/c1-12-18(30-31-32(12)2)13-7-6-8-14(20(13)34-3)27-15-11-16(24)28-22-19(15)29-23(21(25)26)33(22)17-9-4-5-10-35-17/h6-8,11,17,21H,4-5,9-10H2,1-3H3,(H,27,28). The number of halogens is 3. The zero-order valence-electron chi connectivity index (χ0n) is 19.4. The average molecular weight is 504 g/mol. The molecule has 5 rings (SSSR count). The third-order valence-electron chi connectivity index (χ3n) is 6.13. The third-order valence-corrected chi connectivity index (χ3v) is 6.33. The number of ether oxygens (including phenoxy) is 2. The molecule has 1 unspecified atom stereocenters. The molecule has 184 valence electrons. The molecule has 1 aliphatic rings. The largest absolute Gasteiger partial charge is 0.494 e. The molecule has 3 aromatic heterocycles. The number of rotatable bonds is 6. The van der Waals surface area contributed by atoms with E-state index in [4.69, 9.17) is 21.1 Å². The van der Waals surface area contributed by atoms with Crippen molar-refractivity contribution in [1.82, 2.24) is 29.5 Å². The highest BCUT2D eigenvalue weighted by Gasteiger charge is 2.29. The van der Waals surface area contributed by atoms with E-state index in [2.05, 4.69) is 25.6 Å². The van der Waals surface area contributed by atoms with Gasteiger partial charge in [0.15, 0.2) is 17.2 Å². The van der Waals surface area contributed by atoms with Crippen molar-refractivity contribution >= 4 is 34.1 Å². The lowest BCUT2D eigenvalue weighted by Gasteiger charge is -2.25. The molecular formula is C23H24ClF2N7O2. The molecule has 4 aromatic rings. The SMILES string of the molecule is COc1c(Nc2cc(Cl)nc3c2nc(C(F)F)n3C2CCCCO2)cccc1-c1nnn(C)c1C. The fourth-order valence-corrected chi connectivity index (χ4v) is 4.54. The summed E-state index contributed by atoms with van der Waals surface area (Å²) >= 11 is 6.34. The summed E-state index contributed by atoms with van der Waals surface area (Å²) in [7, 11) is 3.36. The van der Waals surface area contributed by atoms with Crippen molar-refractivity contribution in [2.24, 2.45) is 7.05 Å². The number of hydrogen-bond acceptors (Lipinski definition) is 7. The Morgan fingerprint density at radius 1 is 1.23 bits per heavy atom. The molecule has 1 fully saturated rings. The zero-order valence-corrected chi connectivity index (χ0v) is 20.2. The number of aryl methyl sites for hydroxylation is 1. The molecule has 0 aliphatic carbocycles. The molecule has 1 atom stereocenters. The molecule has 1 aromatic carbocycles. The lowest BCUT2D eigenvalue weighted by molar-refractivity contribution is -0.0363. The second-order valence-electron chi connectivity index (χ2n) is 8.29. The number of alkyl halides is 2. The van der Waals surface area contributed by atoms with Gasteiger partial charge in [-0.05, 0) is 38.3 Å². The monoisotopic (exact) mass is 503 g/mol. The Hall–Kier alpha value is -3.31. The summed E-state index contributed by atoms with van der Waals surface area (Å²) in [5, 5.41) is 11.7. The van der Waals surface area contributed by atoms with Crippen LogP contribution >= 0.6 is 11.6 Å². The lowest BCUT2D eigenvalue weighted by Crippen LogP contribution is -2.20. The summed E-state index contributed by atoms with van der Waals surface area (Å²) in [5.41, 5.74) is 3.77. The van der Waals surface area contributed by atoms with Crippen LogP contribution in [0.4, 0.5) is 20.2 Å². The second-order valence-corrected chi connectivity index (χ2v) is 8.67. The summed E-state index contributed by atoms with van der Waals surface area (Å²) in [6.45, 7) is 2.40. The van der Waals surface area contributed by atoms with Crippen molar-refractivity contribution in [3.05, 3.63) is 40.9 Å². The number of imidazole rings is 1. The first-order chi connectivity index (χ1) is 16.9. The number of anilines is 2. The van der Waals surface area contributed by atoms with Crippen LogP contribution in [-0.2, 0) is 11.8 Å². The molecule has 9 nitrogen and oxygen atoms in total. The quantitative estimate of drug-likeness (QED) is 0.343. The van der Waals surface area contributed by atoms with Gasteiger partial charge in [-0.1, -0.05) is 22.9 Å². The molecule has 0 saturated carbocycles. The minimum Gasteiger partial charge on any atom is -0.494 e. The summed E-state index contributed by atoms with van der Waals surface area (Å²) < 4.78 is 42.6. The number of benzene rings is 1. The van der Waals surface area contributed by atoms with Gasteiger partial charge < -0.3 is 14.8 Å². The normalized spacial score (nSPS) is 16.3. The fourth-order valence-electron chi connectivity index (χ4n) is 4.35. The number of methoxy groups -OCH3 is 1. The summed E-state index contributed by atoms with van der Waals surface area (Å²) in [6.07, 6.45) is -1.04. The molecule has 35 heavy (non-hydrogen) atoms. The molecule has 1 N–H and O–H groups in total. The Labute approximate surface area is 205 Å². The van der Waals surface area contributed by atoms with Crippen molar-refractivity contribution in [2.45, 2.75) is 38.8 Å². The van der Waals surface area contributed by atoms with Crippen LogP contribution in [0, 0.1) is 6.92 Å². The van der Waals surface area contributed by atoms with E-state index >= 15 is 0 Å². The Morgan fingerprint density at radius 2 is 2.06 bits per heavy atom. The minimum absolute atomic E-state index is 0.137. The van der Waals surface area contributed by atoms with Crippen LogP contribution in [0.5, 0.6) is 5.75 Å². The van der Waals surface area contributed by atoms with Crippen LogP contribution in [-0.4, -0.2) is 43.2 Å². The number of pyridine rings is 1. The Bertz CT molecular complexity index is 1380. The van der Waals surface area contributed by atoms with E-state index in [1.54, 1.807) is 17.9 Å². The van der Waals surface area contributed by atoms with Gasteiger partial charge in [-0.3, -0.25) is 9.25 Å². The van der Waals surface area contributed by atoms with Crippen molar-refractivity contribution in [2.75, 3.05) is 19.0 Å². The fraction of sp³-hybridized carbons (Fsp3) is 0.391. The van der Waals surface area contributed by atoms with Gasteiger partial charge in [-0.25, -0.2) is 18.7 Å². The maximum atomic E-state index is 14.0. The third kappa shape index (κ3) is 4.19. The highest BCUT2D eigenvalue weighted by Crippen LogP contribution is 2.40. The number of hydrogen-bond donors (Lipinski definition) is 1.